The zero-order valence-electron chi connectivity index (χ0n) is 8.56. The highest BCUT2D eigenvalue weighted by molar-refractivity contribution is 5.53. The first-order valence-electron chi connectivity index (χ1n) is 5.19. The molecule has 1 aliphatic rings. The van der Waals surface area contributed by atoms with E-state index < -0.39 is 0 Å². The van der Waals surface area contributed by atoms with Crippen LogP contribution in [0.3, 0.4) is 0 Å². The summed E-state index contributed by atoms with van der Waals surface area (Å²) in [4.78, 5) is 2.71. The van der Waals surface area contributed by atoms with E-state index in [1.165, 1.54) is 29.5 Å². The average molecular weight is 199 g/mol. The van der Waals surface area contributed by atoms with Crippen LogP contribution >= 0.6 is 0 Å². The van der Waals surface area contributed by atoms with Gasteiger partial charge in [0.15, 0.2) is 0 Å². The Morgan fingerprint density at radius 1 is 1.33 bits per heavy atom. The summed E-state index contributed by atoms with van der Waals surface area (Å²) < 4.78 is 0. The number of rotatable bonds is 4. The Morgan fingerprint density at radius 2 is 2.20 bits per heavy atom. The predicted molar refractivity (Wildman–Crippen MR) is 61.5 cm³/mol. The lowest BCUT2D eigenvalue weighted by atomic mass is 9.87. The van der Waals surface area contributed by atoms with Crippen LogP contribution in [0, 0.1) is 0 Å². The molecule has 0 bridgehead atoms. The van der Waals surface area contributed by atoms with Gasteiger partial charge in [-0.05, 0) is 41.5 Å². The number of fused-ring (bicyclic) bond motifs is 1. The van der Waals surface area contributed by atoms with E-state index in [0.29, 0.717) is 6.54 Å². The second kappa shape index (κ2) is 4.67. The van der Waals surface area contributed by atoms with Crippen molar-refractivity contribution in [3.63, 3.8) is 0 Å². The van der Waals surface area contributed by atoms with Gasteiger partial charge in [-0.1, -0.05) is 35.5 Å². The Labute approximate surface area is 89.1 Å². The topological polar surface area (TPSA) is 48.8 Å². The van der Waals surface area contributed by atoms with Crippen LogP contribution in [0.15, 0.2) is 29.4 Å². The van der Waals surface area contributed by atoms with Gasteiger partial charge in [0.1, 0.15) is 0 Å². The average Bonchev–Trinajstić information content (AvgIpc) is 2.21. The first-order chi connectivity index (χ1) is 7.40. The molecule has 0 atom stereocenters. The maximum Gasteiger partial charge on any atom is 0.0292 e. The quantitative estimate of drug-likeness (QED) is 0.308. The predicted octanol–water partition coefficient (Wildman–Crippen LogP) is 3.50. The lowest BCUT2D eigenvalue weighted by Gasteiger charge is -2.18. The van der Waals surface area contributed by atoms with Crippen LogP contribution in [0.1, 0.15) is 23.1 Å². The van der Waals surface area contributed by atoms with Gasteiger partial charge in [0.2, 0.25) is 0 Å². The molecule has 0 radical (unpaired) electrons. The summed E-state index contributed by atoms with van der Waals surface area (Å²) in [6.07, 6.45) is 7.40. The second-order valence-electron chi connectivity index (χ2n) is 3.67. The third-order valence-corrected chi connectivity index (χ3v) is 2.66. The van der Waals surface area contributed by atoms with Crippen LogP contribution in [-0.4, -0.2) is 6.54 Å². The maximum absolute atomic E-state index is 8.09. The molecule has 0 spiro atoms. The summed E-state index contributed by atoms with van der Waals surface area (Å²) in [6, 6.07) is 6.58. The van der Waals surface area contributed by atoms with Gasteiger partial charge in [-0.3, -0.25) is 0 Å². The SMILES string of the molecule is [N-]=[N+]=NCCC=Cc1ccc2c(c1)CC2. The van der Waals surface area contributed by atoms with Crippen molar-refractivity contribution in [2.45, 2.75) is 19.3 Å². The van der Waals surface area contributed by atoms with Gasteiger partial charge in [0.25, 0.3) is 0 Å². The van der Waals surface area contributed by atoms with Crippen LogP contribution in [0.4, 0.5) is 0 Å². The summed E-state index contributed by atoms with van der Waals surface area (Å²) in [5.74, 6) is 0. The van der Waals surface area contributed by atoms with E-state index in [-0.39, 0.29) is 0 Å². The summed E-state index contributed by atoms with van der Waals surface area (Å²) in [5.41, 5.74) is 12.3. The van der Waals surface area contributed by atoms with Gasteiger partial charge in [-0.25, -0.2) is 0 Å². The molecule has 0 fully saturated rings. The third kappa shape index (κ3) is 2.39. The molecule has 3 nitrogen and oxygen atoms in total. The summed E-state index contributed by atoms with van der Waals surface area (Å²) in [7, 11) is 0. The third-order valence-electron chi connectivity index (χ3n) is 2.66. The Kier molecular flexibility index (Phi) is 3.05. The summed E-state index contributed by atoms with van der Waals surface area (Å²) >= 11 is 0. The fourth-order valence-corrected chi connectivity index (χ4v) is 1.72. The molecule has 1 aliphatic carbocycles. The molecule has 15 heavy (non-hydrogen) atoms. The number of benzene rings is 1. The minimum atomic E-state index is 0.540. The number of azide groups is 1. The van der Waals surface area contributed by atoms with E-state index in [4.69, 9.17) is 5.53 Å². The van der Waals surface area contributed by atoms with Gasteiger partial charge in [-0.15, -0.1) is 0 Å². The second-order valence-corrected chi connectivity index (χ2v) is 3.67. The molecule has 0 heterocycles. The highest BCUT2D eigenvalue weighted by Crippen LogP contribution is 2.24. The Bertz CT molecular complexity index is 428. The van der Waals surface area contributed by atoms with Crippen molar-refractivity contribution in [2.75, 3.05) is 6.54 Å². The van der Waals surface area contributed by atoms with Crippen molar-refractivity contribution in [1.82, 2.24) is 0 Å². The molecule has 0 saturated carbocycles. The molecule has 76 valence electrons. The van der Waals surface area contributed by atoms with E-state index in [9.17, 15) is 0 Å². The van der Waals surface area contributed by atoms with Crippen molar-refractivity contribution >= 4 is 6.08 Å². The molecule has 0 unspecified atom stereocenters. The maximum atomic E-state index is 8.09. The normalized spacial score (nSPS) is 13.1. The lowest BCUT2D eigenvalue weighted by molar-refractivity contribution is 0.839. The number of nitrogens with zero attached hydrogens (tertiary/aromatic N) is 3. The van der Waals surface area contributed by atoms with Crippen LogP contribution in [0.5, 0.6) is 0 Å². The molecule has 0 aromatic heterocycles. The number of hydrogen-bond donors (Lipinski definition) is 0. The smallest absolute Gasteiger partial charge is 0.0292 e. The minimum absolute atomic E-state index is 0.540. The fourth-order valence-electron chi connectivity index (χ4n) is 1.72. The van der Waals surface area contributed by atoms with Crippen LogP contribution < -0.4 is 0 Å². The molecule has 1 aromatic rings. The van der Waals surface area contributed by atoms with Gasteiger partial charge < -0.3 is 0 Å². The van der Waals surface area contributed by atoms with Crippen LogP contribution in [0.2, 0.25) is 0 Å². The standard InChI is InChI=1S/C12H13N3/c13-15-14-8-2-1-3-10-4-5-11-6-7-12(11)9-10/h1,3-5,9H,2,6-8H2. The zero-order valence-corrected chi connectivity index (χ0v) is 8.56. The molecule has 0 saturated heterocycles. The van der Waals surface area contributed by atoms with E-state index in [1.807, 2.05) is 0 Å². The summed E-state index contributed by atoms with van der Waals surface area (Å²) in [5, 5.41) is 3.48. The van der Waals surface area contributed by atoms with Crippen molar-refractivity contribution in [3.8, 4) is 0 Å². The molecule has 2 rings (SSSR count). The van der Waals surface area contributed by atoms with E-state index in [2.05, 4.69) is 40.4 Å². The molecule has 0 aliphatic heterocycles. The van der Waals surface area contributed by atoms with E-state index in [0.717, 1.165) is 6.42 Å². The number of hydrogen-bond acceptors (Lipinski definition) is 1. The van der Waals surface area contributed by atoms with Crippen molar-refractivity contribution in [1.29, 1.82) is 0 Å². The Balaban J connectivity index is 1.92. The van der Waals surface area contributed by atoms with E-state index in [1.54, 1.807) is 0 Å². The molecule has 1 aromatic carbocycles. The van der Waals surface area contributed by atoms with Gasteiger partial charge in [-0.2, -0.15) is 0 Å². The fraction of sp³-hybridized carbons (Fsp3) is 0.333. The molecular weight excluding hydrogens is 186 g/mol. The highest BCUT2D eigenvalue weighted by atomic mass is 15.1. The first kappa shape index (κ1) is 9.81. The van der Waals surface area contributed by atoms with E-state index >= 15 is 0 Å². The molecule has 0 amide bonds. The van der Waals surface area contributed by atoms with Crippen molar-refractivity contribution < 1.29 is 0 Å². The Hall–Kier alpha value is -1.73. The van der Waals surface area contributed by atoms with Crippen LogP contribution in [-0.2, 0) is 12.8 Å². The van der Waals surface area contributed by atoms with Crippen molar-refractivity contribution in [2.24, 2.45) is 5.11 Å². The minimum Gasteiger partial charge on any atom is -0.0937 e. The summed E-state index contributed by atoms with van der Waals surface area (Å²) in [6.45, 7) is 0.540. The lowest BCUT2D eigenvalue weighted by Crippen LogP contribution is -2.07. The van der Waals surface area contributed by atoms with Crippen molar-refractivity contribution in [3.05, 3.63) is 51.4 Å². The van der Waals surface area contributed by atoms with Gasteiger partial charge in [0.05, 0.1) is 0 Å². The first-order valence-corrected chi connectivity index (χ1v) is 5.19. The molecule has 0 N–H and O–H groups in total. The van der Waals surface area contributed by atoms with Crippen LogP contribution in [0.25, 0.3) is 16.5 Å². The highest BCUT2D eigenvalue weighted by Gasteiger charge is 2.11. The number of aryl methyl sites for hydroxylation is 2. The molecular formula is C12H13N3. The largest absolute Gasteiger partial charge is 0.0937 e. The zero-order chi connectivity index (χ0) is 10.5. The monoisotopic (exact) mass is 199 g/mol. The Morgan fingerprint density at radius 3 is 2.87 bits per heavy atom. The van der Waals surface area contributed by atoms with Gasteiger partial charge in [0, 0.05) is 11.5 Å². The van der Waals surface area contributed by atoms with Gasteiger partial charge >= 0.3 is 0 Å². The molecule has 3 heteroatoms.